The Balaban J connectivity index is 1.47. The smallest absolute Gasteiger partial charge is 0.271 e. The fourth-order valence-electron chi connectivity index (χ4n) is 4.56. The van der Waals surface area contributed by atoms with Crippen molar-refractivity contribution in [2.24, 2.45) is 0 Å². The SMILES string of the molecule is O=C(CCN1C(=S)N[C@@H](c2ccccn2)[C@@H]1c1cccn1-c1cccc([N+](=O)[O-])c1)Nc1ccccc1. The van der Waals surface area contributed by atoms with Crippen LogP contribution in [0.3, 0.4) is 0 Å². The molecule has 1 aliphatic rings. The number of carbonyl (C=O) groups is 1. The van der Waals surface area contributed by atoms with Crippen LogP contribution >= 0.6 is 12.2 Å². The topological polar surface area (TPSA) is 105 Å². The minimum atomic E-state index is -0.409. The summed E-state index contributed by atoms with van der Waals surface area (Å²) in [6.45, 7) is 0.374. The largest absolute Gasteiger partial charge is 0.352 e. The summed E-state index contributed by atoms with van der Waals surface area (Å²) in [5.41, 5.74) is 3.07. The van der Waals surface area contributed by atoms with E-state index in [-0.39, 0.29) is 30.1 Å². The van der Waals surface area contributed by atoms with Gasteiger partial charge in [0.25, 0.3) is 5.69 Å². The van der Waals surface area contributed by atoms with E-state index in [2.05, 4.69) is 15.6 Å². The molecular formula is C27H24N6O3S. The number of thiocarbonyl (C=S) groups is 1. The predicted octanol–water partition coefficient (Wildman–Crippen LogP) is 4.78. The van der Waals surface area contributed by atoms with E-state index in [1.165, 1.54) is 12.1 Å². The van der Waals surface area contributed by atoms with Crippen molar-refractivity contribution in [2.75, 3.05) is 11.9 Å². The van der Waals surface area contributed by atoms with Gasteiger partial charge in [0.1, 0.15) is 0 Å². The Morgan fingerprint density at radius 3 is 2.62 bits per heavy atom. The molecule has 2 aromatic carbocycles. The number of hydrogen-bond donors (Lipinski definition) is 2. The molecule has 1 aliphatic heterocycles. The molecule has 0 bridgehead atoms. The summed E-state index contributed by atoms with van der Waals surface area (Å²) in [7, 11) is 0. The number of anilines is 1. The summed E-state index contributed by atoms with van der Waals surface area (Å²) in [5.74, 6) is -0.122. The van der Waals surface area contributed by atoms with Crippen LogP contribution in [0.15, 0.2) is 97.3 Å². The lowest BCUT2D eigenvalue weighted by molar-refractivity contribution is -0.384. The fourth-order valence-corrected chi connectivity index (χ4v) is 4.89. The molecule has 9 nitrogen and oxygen atoms in total. The van der Waals surface area contributed by atoms with E-state index >= 15 is 0 Å². The lowest BCUT2D eigenvalue weighted by Gasteiger charge is -2.28. The lowest BCUT2D eigenvalue weighted by Crippen LogP contribution is -2.33. The Bertz CT molecular complexity index is 1430. The zero-order valence-corrected chi connectivity index (χ0v) is 20.5. The van der Waals surface area contributed by atoms with Crippen molar-refractivity contribution in [3.05, 3.63) is 119 Å². The molecular weight excluding hydrogens is 488 g/mol. The average Bonchev–Trinajstić information content (AvgIpc) is 3.53. The highest BCUT2D eigenvalue weighted by Gasteiger charge is 2.41. The molecule has 5 rings (SSSR count). The van der Waals surface area contributed by atoms with Gasteiger partial charge in [-0.2, -0.15) is 0 Å². The zero-order chi connectivity index (χ0) is 25.8. The van der Waals surface area contributed by atoms with E-state index in [0.717, 1.165) is 17.1 Å². The van der Waals surface area contributed by atoms with Crippen molar-refractivity contribution in [2.45, 2.75) is 18.5 Å². The maximum atomic E-state index is 12.7. The second-order valence-corrected chi connectivity index (χ2v) is 8.95. The number of nitro benzene ring substituents is 1. The Kier molecular flexibility index (Phi) is 6.91. The number of non-ortho nitro benzene ring substituents is 1. The first-order chi connectivity index (χ1) is 18.0. The van der Waals surface area contributed by atoms with Crippen LogP contribution in [0.25, 0.3) is 5.69 Å². The summed E-state index contributed by atoms with van der Waals surface area (Å²) < 4.78 is 1.92. The second-order valence-electron chi connectivity index (χ2n) is 8.56. The number of hydrogen-bond acceptors (Lipinski definition) is 5. The van der Waals surface area contributed by atoms with Crippen LogP contribution < -0.4 is 10.6 Å². The number of amides is 1. The molecule has 4 aromatic rings. The van der Waals surface area contributed by atoms with Crippen molar-refractivity contribution >= 4 is 34.6 Å². The van der Waals surface area contributed by atoms with E-state index in [1.54, 1.807) is 12.3 Å². The summed E-state index contributed by atoms with van der Waals surface area (Å²) in [6.07, 6.45) is 3.82. The van der Waals surface area contributed by atoms with Crippen LogP contribution in [0.1, 0.15) is 29.9 Å². The predicted molar refractivity (Wildman–Crippen MR) is 144 cm³/mol. The van der Waals surface area contributed by atoms with Gasteiger partial charge in [-0.05, 0) is 54.7 Å². The molecule has 3 heterocycles. The average molecular weight is 513 g/mol. The van der Waals surface area contributed by atoms with Gasteiger partial charge in [0, 0.05) is 48.9 Å². The van der Waals surface area contributed by atoms with Gasteiger partial charge in [-0.3, -0.25) is 19.9 Å². The van der Waals surface area contributed by atoms with Crippen LogP contribution in [0.4, 0.5) is 11.4 Å². The molecule has 10 heteroatoms. The van der Waals surface area contributed by atoms with Crippen LogP contribution in [-0.4, -0.2) is 36.9 Å². The lowest BCUT2D eigenvalue weighted by atomic mass is 10.0. The normalized spacial score (nSPS) is 16.9. The van der Waals surface area contributed by atoms with Crippen LogP contribution in [0, 0.1) is 10.1 Å². The number of rotatable bonds is 8. The highest BCUT2D eigenvalue weighted by molar-refractivity contribution is 7.80. The second kappa shape index (κ2) is 10.6. The number of benzene rings is 2. The van der Waals surface area contributed by atoms with Gasteiger partial charge in [0.2, 0.25) is 5.91 Å². The van der Waals surface area contributed by atoms with Gasteiger partial charge in [0.05, 0.1) is 28.4 Å². The first-order valence-electron chi connectivity index (χ1n) is 11.8. The van der Waals surface area contributed by atoms with Gasteiger partial charge in [-0.15, -0.1) is 0 Å². The minimum Gasteiger partial charge on any atom is -0.352 e. The number of aromatic nitrogens is 2. The number of nitro groups is 1. The van der Waals surface area contributed by atoms with Crippen molar-refractivity contribution in [1.29, 1.82) is 0 Å². The van der Waals surface area contributed by atoms with Crippen molar-refractivity contribution in [3.63, 3.8) is 0 Å². The van der Waals surface area contributed by atoms with Gasteiger partial charge >= 0.3 is 0 Å². The fraction of sp³-hybridized carbons (Fsp3) is 0.148. The van der Waals surface area contributed by atoms with Crippen molar-refractivity contribution < 1.29 is 9.72 Å². The van der Waals surface area contributed by atoms with Crippen molar-refractivity contribution in [3.8, 4) is 5.69 Å². The van der Waals surface area contributed by atoms with Crippen LogP contribution in [-0.2, 0) is 4.79 Å². The zero-order valence-electron chi connectivity index (χ0n) is 19.7. The number of nitrogens with one attached hydrogen (secondary N) is 2. The first-order valence-corrected chi connectivity index (χ1v) is 12.2. The van der Waals surface area contributed by atoms with Crippen molar-refractivity contribution in [1.82, 2.24) is 19.8 Å². The molecule has 2 atom stereocenters. The molecule has 0 saturated carbocycles. The molecule has 2 aromatic heterocycles. The van der Waals surface area contributed by atoms with Crippen LogP contribution in [0.5, 0.6) is 0 Å². The number of pyridine rings is 1. The van der Waals surface area contributed by atoms with E-state index in [1.807, 2.05) is 82.4 Å². The maximum absolute atomic E-state index is 12.7. The highest BCUT2D eigenvalue weighted by atomic mass is 32.1. The highest BCUT2D eigenvalue weighted by Crippen LogP contribution is 2.39. The Labute approximate surface area is 218 Å². The summed E-state index contributed by atoms with van der Waals surface area (Å²) >= 11 is 5.72. The molecule has 186 valence electrons. The molecule has 1 saturated heterocycles. The number of para-hydroxylation sites is 1. The third-order valence-electron chi connectivity index (χ3n) is 6.24. The Morgan fingerprint density at radius 1 is 1.05 bits per heavy atom. The first kappa shape index (κ1) is 24.1. The Morgan fingerprint density at radius 2 is 1.86 bits per heavy atom. The third kappa shape index (κ3) is 5.19. The maximum Gasteiger partial charge on any atom is 0.271 e. The molecule has 0 radical (unpaired) electrons. The van der Waals surface area contributed by atoms with E-state index in [0.29, 0.717) is 17.3 Å². The van der Waals surface area contributed by atoms with Gasteiger partial charge < -0.3 is 20.1 Å². The van der Waals surface area contributed by atoms with E-state index in [9.17, 15) is 14.9 Å². The quantitative estimate of drug-likeness (QED) is 0.199. The third-order valence-corrected chi connectivity index (χ3v) is 6.59. The van der Waals surface area contributed by atoms with Gasteiger partial charge in [0.15, 0.2) is 5.11 Å². The molecule has 0 spiro atoms. The molecule has 1 amide bonds. The van der Waals surface area contributed by atoms with E-state index < -0.39 is 4.92 Å². The molecule has 0 aliphatic carbocycles. The molecule has 37 heavy (non-hydrogen) atoms. The van der Waals surface area contributed by atoms with Gasteiger partial charge in [-0.25, -0.2) is 0 Å². The van der Waals surface area contributed by atoms with Crippen LogP contribution in [0.2, 0.25) is 0 Å². The van der Waals surface area contributed by atoms with Gasteiger partial charge in [-0.1, -0.05) is 30.3 Å². The van der Waals surface area contributed by atoms with E-state index in [4.69, 9.17) is 12.2 Å². The minimum absolute atomic E-state index is 0.00735. The standard InChI is InChI=1S/C27H24N6O3S/c34-24(29-19-8-2-1-3-9-19)14-17-32-26(25(30-27(32)37)22-12-4-5-15-28-22)23-13-7-16-31(23)20-10-6-11-21(18-20)33(35)36/h1-13,15-16,18,25-26H,14,17H2,(H,29,34)(H,30,37)/t25-,26-/m0/s1. The molecule has 2 N–H and O–H groups in total. The molecule has 1 fully saturated rings. The number of nitrogens with zero attached hydrogens (tertiary/aromatic N) is 4. The molecule has 0 unspecified atom stereocenters. The number of carbonyl (C=O) groups excluding carboxylic acids is 1. The summed E-state index contributed by atoms with van der Waals surface area (Å²) in [5, 5.41) is 18.2. The summed E-state index contributed by atoms with van der Waals surface area (Å²) in [6, 6.07) is 24.8. The monoisotopic (exact) mass is 512 g/mol. The summed E-state index contributed by atoms with van der Waals surface area (Å²) in [4.78, 5) is 30.3. The Hall–Kier alpha value is -4.57.